The van der Waals surface area contributed by atoms with Crippen molar-refractivity contribution in [2.75, 3.05) is 5.73 Å². The Hall–Kier alpha value is -2.03. The minimum Gasteiger partial charge on any atom is -0.399 e. The first-order chi connectivity index (χ1) is 7.18. The Morgan fingerprint density at radius 2 is 1.80 bits per heavy atom. The van der Waals surface area contributed by atoms with Crippen molar-refractivity contribution in [3.8, 4) is 5.69 Å². The summed E-state index contributed by atoms with van der Waals surface area (Å²) in [7, 11) is 0. The number of hydrogen-bond acceptors (Lipinski definition) is 2. The minimum atomic E-state index is -0.0984. The summed E-state index contributed by atoms with van der Waals surface area (Å²) in [6.45, 7) is 1.87. The molecular weight excluding hydrogens is 188 g/mol. The number of hydrogen-bond donors (Lipinski definition) is 1. The lowest BCUT2D eigenvalue weighted by molar-refractivity contribution is 0.937. The SMILES string of the molecule is Cc1cc(N)cc(=O)n1-c1ccccc1. The molecule has 0 atom stereocenters. The van der Waals surface area contributed by atoms with Crippen molar-refractivity contribution in [1.82, 2.24) is 4.57 Å². The highest BCUT2D eigenvalue weighted by Gasteiger charge is 2.02. The van der Waals surface area contributed by atoms with E-state index in [2.05, 4.69) is 0 Å². The number of anilines is 1. The molecule has 2 rings (SSSR count). The second kappa shape index (κ2) is 3.61. The monoisotopic (exact) mass is 200 g/mol. The molecule has 15 heavy (non-hydrogen) atoms. The summed E-state index contributed by atoms with van der Waals surface area (Å²) in [5, 5.41) is 0. The van der Waals surface area contributed by atoms with E-state index in [0.29, 0.717) is 5.69 Å². The van der Waals surface area contributed by atoms with Crippen LogP contribution in [0.15, 0.2) is 47.3 Å². The fourth-order valence-electron chi connectivity index (χ4n) is 1.64. The minimum absolute atomic E-state index is 0.0984. The smallest absolute Gasteiger partial charge is 0.257 e. The third-order valence-electron chi connectivity index (χ3n) is 2.25. The average molecular weight is 200 g/mol. The molecule has 76 valence electrons. The van der Waals surface area contributed by atoms with E-state index < -0.39 is 0 Å². The summed E-state index contributed by atoms with van der Waals surface area (Å²) in [4.78, 5) is 11.7. The molecule has 2 aromatic rings. The van der Waals surface area contributed by atoms with Crippen molar-refractivity contribution >= 4 is 5.69 Å². The van der Waals surface area contributed by atoms with Gasteiger partial charge in [-0.05, 0) is 25.1 Å². The molecule has 1 aromatic carbocycles. The quantitative estimate of drug-likeness (QED) is 0.762. The number of benzene rings is 1. The van der Waals surface area contributed by atoms with Crippen molar-refractivity contribution in [1.29, 1.82) is 0 Å². The lowest BCUT2D eigenvalue weighted by Crippen LogP contribution is -2.20. The van der Waals surface area contributed by atoms with Gasteiger partial charge >= 0.3 is 0 Å². The molecule has 0 amide bonds. The van der Waals surface area contributed by atoms with Crippen LogP contribution in [0.4, 0.5) is 5.69 Å². The topological polar surface area (TPSA) is 48.0 Å². The predicted molar refractivity (Wildman–Crippen MR) is 61.2 cm³/mol. The van der Waals surface area contributed by atoms with E-state index in [1.54, 1.807) is 10.6 Å². The molecule has 1 heterocycles. The second-order valence-corrected chi connectivity index (χ2v) is 3.44. The van der Waals surface area contributed by atoms with E-state index >= 15 is 0 Å². The van der Waals surface area contributed by atoms with Gasteiger partial charge in [-0.1, -0.05) is 18.2 Å². The van der Waals surface area contributed by atoms with Crippen LogP contribution >= 0.6 is 0 Å². The number of aryl methyl sites for hydroxylation is 1. The van der Waals surface area contributed by atoms with Crippen LogP contribution in [0.1, 0.15) is 5.69 Å². The maximum Gasteiger partial charge on any atom is 0.257 e. The number of aromatic nitrogens is 1. The van der Waals surface area contributed by atoms with E-state index in [1.165, 1.54) is 6.07 Å². The van der Waals surface area contributed by atoms with E-state index in [4.69, 9.17) is 5.73 Å². The highest BCUT2D eigenvalue weighted by atomic mass is 16.1. The second-order valence-electron chi connectivity index (χ2n) is 3.44. The summed E-state index contributed by atoms with van der Waals surface area (Å²) in [5.41, 5.74) is 7.70. The molecule has 0 spiro atoms. The van der Waals surface area contributed by atoms with Gasteiger partial charge in [-0.2, -0.15) is 0 Å². The number of nitrogens with two attached hydrogens (primary N) is 1. The first-order valence-electron chi connectivity index (χ1n) is 4.73. The predicted octanol–water partition coefficient (Wildman–Crippen LogP) is 1.73. The van der Waals surface area contributed by atoms with Crippen LogP contribution in [-0.4, -0.2) is 4.57 Å². The molecule has 0 aliphatic rings. The van der Waals surface area contributed by atoms with Crippen molar-refractivity contribution in [3.05, 3.63) is 58.5 Å². The third-order valence-corrected chi connectivity index (χ3v) is 2.25. The maximum atomic E-state index is 11.7. The number of rotatable bonds is 1. The molecule has 1 aromatic heterocycles. The molecule has 0 fully saturated rings. The largest absolute Gasteiger partial charge is 0.399 e. The first kappa shape index (κ1) is 9.52. The van der Waals surface area contributed by atoms with Gasteiger partial charge in [0.05, 0.1) is 0 Å². The molecule has 0 aliphatic carbocycles. The zero-order valence-electron chi connectivity index (χ0n) is 8.47. The molecule has 3 nitrogen and oxygen atoms in total. The van der Waals surface area contributed by atoms with Crippen LogP contribution in [0.2, 0.25) is 0 Å². The van der Waals surface area contributed by atoms with Gasteiger partial charge in [-0.25, -0.2) is 0 Å². The number of nitrogens with zero attached hydrogens (tertiary/aromatic N) is 1. The molecule has 0 saturated heterocycles. The Kier molecular flexibility index (Phi) is 2.29. The number of pyridine rings is 1. The van der Waals surface area contributed by atoms with Gasteiger partial charge in [0.1, 0.15) is 0 Å². The van der Waals surface area contributed by atoms with Crippen molar-refractivity contribution < 1.29 is 0 Å². The molecule has 0 saturated carbocycles. The molecule has 0 radical (unpaired) electrons. The van der Waals surface area contributed by atoms with Crippen LogP contribution in [0.5, 0.6) is 0 Å². The fourth-order valence-corrected chi connectivity index (χ4v) is 1.64. The lowest BCUT2D eigenvalue weighted by Gasteiger charge is -2.09. The van der Waals surface area contributed by atoms with E-state index in [0.717, 1.165) is 11.4 Å². The summed E-state index contributed by atoms with van der Waals surface area (Å²) in [5.74, 6) is 0. The molecular formula is C12H12N2O. The number of para-hydroxylation sites is 1. The molecule has 2 N–H and O–H groups in total. The Morgan fingerprint density at radius 3 is 2.40 bits per heavy atom. The molecule has 0 bridgehead atoms. The Morgan fingerprint density at radius 1 is 1.13 bits per heavy atom. The van der Waals surface area contributed by atoms with Crippen LogP contribution in [-0.2, 0) is 0 Å². The van der Waals surface area contributed by atoms with Crippen molar-refractivity contribution in [2.24, 2.45) is 0 Å². The maximum absolute atomic E-state index is 11.7. The Labute approximate surface area is 87.8 Å². The zero-order valence-corrected chi connectivity index (χ0v) is 8.47. The van der Waals surface area contributed by atoms with Gasteiger partial charge in [0.15, 0.2) is 0 Å². The van der Waals surface area contributed by atoms with Crippen molar-refractivity contribution in [2.45, 2.75) is 6.92 Å². The summed E-state index contributed by atoms with van der Waals surface area (Å²) in [6, 6.07) is 12.7. The van der Waals surface area contributed by atoms with E-state index in [9.17, 15) is 4.79 Å². The molecule has 0 aliphatic heterocycles. The zero-order chi connectivity index (χ0) is 10.8. The fraction of sp³-hybridized carbons (Fsp3) is 0.0833. The van der Waals surface area contributed by atoms with Gasteiger partial charge < -0.3 is 5.73 Å². The lowest BCUT2D eigenvalue weighted by atomic mass is 10.2. The first-order valence-corrected chi connectivity index (χ1v) is 4.73. The van der Waals surface area contributed by atoms with Crippen LogP contribution < -0.4 is 11.3 Å². The van der Waals surface area contributed by atoms with Gasteiger partial charge in [0.2, 0.25) is 0 Å². The normalized spacial score (nSPS) is 10.2. The van der Waals surface area contributed by atoms with Crippen molar-refractivity contribution in [3.63, 3.8) is 0 Å². The van der Waals surface area contributed by atoms with Crippen LogP contribution in [0.3, 0.4) is 0 Å². The van der Waals surface area contributed by atoms with Gasteiger partial charge in [0, 0.05) is 23.1 Å². The average Bonchev–Trinajstić information content (AvgIpc) is 2.17. The van der Waals surface area contributed by atoms with Crippen LogP contribution in [0.25, 0.3) is 5.69 Å². The van der Waals surface area contributed by atoms with E-state index in [-0.39, 0.29) is 5.56 Å². The molecule has 3 heteroatoms. The molecule has 0 unspecified atom stereocenters. The van der Waals surface area contributed by atoms with Gasteiger partial charge in [-0.15, -0.1) is 0 Å². The Bertz CT molecular complexity index is 529. The highest BCUT2D eigenvalue weighted by Crippen LogP contribution is 2.09. The summed E-state index contributed by atoms with van der Waals surface area (Å²) < 4.78 is 1.64. The summed E-state index contributed by atoms with van der Waals surface area (Å²) >= 11 is 0. The van der Waals surface area contributed by atoms with Gasteiger partial charge in [-0.3, -0.25) is 9.36 Å². The van der Waals surface area contributed by atoms with E-state index in [1.807, 2.05) is 37.3 Å². The highest BCUT2D eigenvalue weighted by molar-refractivity contribution is 5.42. The van der Waals surface area contributed by atoms with Gasteiger partial charge in [0.25, 0.3) is 5.56 Å². The standard InChI is InChI=1S/C12H12N2O/c1-9-7-10(13)8-12(15)14(9)11-5-3-2-4-6-11/h2-8H,13H2,1H3. The third kappa shape index (κ3) is 1.76. The summed E-state index contributed by atoms with van der Waals surface area (Å²) in [6.07, 6.45) is 0. The Balaban J connectivity index is 2.69. The number of nitrogen functional groups attached to an aromatic ring is 1. The van der Waals surface area contributed by atoms with Crippen LogP contribution in [0, 0.1) is 6.92 Å².